The Labute approximate surface area is 330 Å². The molecule has 0 bridgehead atoms. The van der Waals surface area contributed by atoms with Gasteiger partial charge in [0.05, 0.1) is 13.2 Å². The average molecular weight is 741 g/mol. The molecule has 1 N–H and O–H groups in total. The Bertz CT molecular complexity index is 870. The molecule has 0 saturated heterocycles. The van der Waals surface area contributed by atoms with Gasteiger partial charge < -0.3 is 14.6 Å². The fraction of sp³-hybridized carbons (Fsp3) is 0.776. The van der Waals surface area contributed by atoms with Crippen LogP contribution in [0.25, 0.3) is 0 Å². The molecule has 0 amide bonds. The van der Waals surface area contributed by atoms with E-state index in [0.29, 0.717) is 13.0 Å². The third kappa shape index (κ3) is 44.4. The van der Waals surface area contributed by atoms with E-state index in [0.717, 1.165) is 64.2 Å². The maximum Gasteiger partial charge on any atom is 0.306 e. The summed E-state index contributed by atoms with van der Waals surface area (Å²) in [6, 6.07) is 0. The molecule has 0 aliphatic carbocycles. The molecule has 0 radical (unpaired) electrons. The van der Waals surface area contributed by atoms with Crippen LogP contribution < -0.4 is 0 Å². The molecule has 4 nitrogen and oxygen atoms in total. The summed E-state index contributed by atoms with van der Waals surface area (Å²) in [5.74, 6) is -0.217. The Balaban J connectivity index is 3.46. The molecule has 1 atom stereocenters. The SMILES string of the molecule is CC/C=C\C/C=C\C/C=C\C/C=C\C/C=C\CCCCCCCC(=O)OC(CO)COCCCCCCCCCCCCCCCCCCCCCC. The second-order valence-corrected chi connectivity index (χ2v) is 15.1. The zero-order valence-corrected chi connectivity index (χ0v) is 35.3. The standard InChI is InChI=1S/C49H88O4/c1-3-5-7-9-11-13-15-17-19-21-23-25-26-28-30-32-34-36-38-40-42-44-49(51)53-48(46-50)47-52-45-43-41-39-37-35-33-31-29-27-24-22-20-18-16-14-12-10-8-6-4-2/h5,7,11,13,17,19,23,25,28,30,48,50H,3-4,6,8-10,12,14-16,18,20-22,24,26-27,29,31-47H2,1-2H3/b7-5-,13-11-,19-17-,25-23-,30-28-. The highest BCUT2D eigenvalue weighted by molar-refractivity contribution is 5.69. The Kier molecular flexibility index (Phi) is 44.6. The molecule has 0 rings (SSSR count). The molecule has 0 saturated carbocycles. The van der Waals surface area contributed by atoms with Gasteiger partial charge >= 0.3 is 5.97 Å². The molecular formula is C49H88O4. The Morgan fingerprint density at radius 3 is 1.28 bits per heavy atom. The normalized spacial score (nSPS) is 12.9. The van der Waals surface area contributed by atoms with Crippen LogP contribution in [-0.4, -0.2) is 37.0 Å². The number of carbonyl (C=O) groups is 1. The zero-order valence-electron chi connectivity index (χ0n) is 35.3. The van der Waals surface area contributed by atoms with E-state index >= 15 is 0 Å². The van der Waals surface area contributed by atoms with Crippen molar-refractivity contribution in [3.63, 3.8) is 0 Å². The number of aliphatic hydroxyl groups is 1. The fourth-order valence-electron chi connectivity index (χ4n) is 6.47. The van der Waals surface area contributed by atoms with Crippen molar-refractivity contribution in [2.75, 3.05) is 19.8 Å². The van der Waals surface area contributed by atoms with Crippen molar-refractivity contribution in [2.45, 2.75) is 225 Å². The molecule has 0 aliphatic rings. The van der Waals surface area contributed by atoms with Gasteiger partial charge in [0.1, 0.15) is 6.10 Å². The first-order valence-electron chi connectivity index (χ1n) is 22.9. The van der Waals surface area contributed by atoms with Gasteiger partial charge in [-0.2, -0.15) is 0 Å². The van der Waals surface area contributed by atoms with Crippen LogP contribution in [0.3, 0.4) is 0 Å². The first kappa shape index (κ1) is 51.1. The van der Waals surface area contributed by atoms with E-state index in [2.05, 4.69) is 74.6 Å². The highest BCUT2D eigenvalue weighted by Gasteiger charge is 2.13. The van der Waals surface area contributed by atoms with Crippen molar-refractivity contribution in [1.29, 1.82) is 0 Å². The van der Waals surface area contributed by atoms with Crippen molar-refractivity contribution in [1.82, 2.24) is 0 Å². The summed E-state index contributed by atoms with van der Waals surface area (Å²) in [4.78, 5) is 12.2. The Hall–Kier alpha value is -1.91. The van der Waals surface area contributed by atoms with Gasteiger partial charge in [-0.3, -0.25) is 4.79 Å². The summed E-state index contributed by atoms with van der Waals surface area (Å²) in [7, 11) is 0. The maximum atomic E-state index is 12.2. The minimum Gasteiger partial charge on any atom is -0.457 e. The lowest BCUT2D eigenvalue weighted by atomic mass is 10.0. The van der Waals surface area contributed by atoms with Crippen LogP contribution in [-0.2, 0) is 14.3 Å². The fourth-order valence-corrected chi connectivity index (χ4v) is 6.47. The van der Waals surface area contributed by atoms with E-state index in [1.54, 1.807) is 0 Å². The summed E-state index contributed by atoms with van der Waals surface area (Å²) in [5, 5.41) is 9.62. The van der Waals surface area contributed by atoms with Gasteiger partial charge in [0.25, 0.3) is 0 Å². The third-order valence-corrected chi connectivity index (χ3v) is 9.86. The van der Waals surface area contributed by atoms with Gasteiger partial charge in [-0.15, -0.1) is 0 Å². The first-order chi connectivity index (χ1) is 26.2. The highest BCUT2D eigenvalue weighted by Crippen LogP contribution is 2.15. The number of hydrogen-bond acceptors (Lipinski definition) is 4. The average Bonchev–Trinajstić information content (AvgIpc) is 3.16. The zero-order chi connectivity index (χ0) is 38.4. The first-order valence-corrected chi connectivity index (χ1v) is 22.9. The molecule has 53 heavy (non-hydrogen) atoms. The number of aliphatic hydroxyl groups excluding tert-OH is 1. The molecule has 0 aromatic rings. The molecule has 0 heterocycles. The van der Waals surface area contributed by atoms with E-state index in [-0.39, 0.29) is 19.2 Å². The van der Waals surface area contributed by atoms with Crippen LogP contribution in [0, 0.1) is 0 Å². The highest BCUT2D eigenvalue weighted by atomic mass is 16.6. The van der Waals surface area contributed by atoms with Crippen LogP contribution in [0.5, 0.6) is 0 Å². The smallest absolute Gasteiger partial charge is 0.306 e. The molecular weight excluding hydrogens is 653 g/mol. The number of hydrogen-bond donors (Lipinski definition) is 1. The minimum absolute atomic E-state index is 0.180. The maximum absolute atomic E-state index is 12.2. The summed E-state index contributed by atoms with van der Waals surface area (Å²) in [6.45, 7) is 5.24. The van der Waals surface area contributed by atoms with Crippen molar-refractivity contribution in [2.24, 2.45) is 0 Å². The van der Waals surface area contributed by atoms with Crippen LogP contribution in [0.1, 0.15) is 219 Å². The third-order valence-electron chi connectivity index (χ3n) is 9.86. The molecule has 0 spiro atoms. The van der Waals surface area contributed by atoms with Crippen molar-refractivity contribution in [3.05, 3.63) is 60.8 Å². The topological polar surface area (TPSA) is 55.8 Å². The van der Waals surface area contributed by atoms with Crippen LogP contribution in [0.15, 0.2) is 60.8 Å². The van der Waals surface area contributed by atoms with E-state index in [1.807, 2.05) is 0 Å². The molecule has 0 aliphatic heterocycles. The van der Waals surface area contributed by atoms with Crippen molar-refractivity contribution >= 4 is 5.97 Å². The van der Waals surface area contributed by atoms with Gasteiger partial charge in [0, 0.05) is 13.0 Å². The summed E-state index contributed by atoms with van der Waals surface area (Å²) >= 11 is 0. The molecule has 0 aromatic carbocycles. The van der Waals surface area contributed by atoms with Gasteiger partial charge in [-0.1, -0.05) is 216 Å². The largest absolute Gasteiger partial charge is 0.457 e. The number of allylic oxidation sites excluding steroid dienone is 10. The molecule has 4 heteroatoms. The lowest BCUT2D eigenvalue weighted by Gasteiger charge is -2.15. The van der Waals surface area contributed by atoms with Crippen molar-refractivity contribution < 1.29 is 19.4 Å². The quantitative estimate of drug-likeness (QED) is 0.0385. The summed E-state index contributed by atoms with van der Waals surface area (Å²) < 4.78 is 11.2. The lowest BCUT2D eigenvalue weighted by molar-refractivity contribution is -0.154. The number of ether oxygens (including phenoxy) is 2. The number of rotatable bonds is 42. The van der Waals surface area contributed by atoms with E-state index in [9.17, 15) is 9.90 Å². The predicted octanol–water partition coefficient (Wildman–Crippen LogP) is 15.2. The van der Waals surface area contributed by atoms with Crippen LogP contribution in [0.4, 0.5) is 0 Å². The van der Waals surface area contributed by atoms with Crippen LogP contribution in [0.2, 0.25) is 0 Å². The monoisotopic (exact) mass is 741 g/mol. The van der Waals surface area contributed by atoms with Gasteiger partial charge in [0.15, 0.2) is 0 Å². The summed E-state index contributed by atoms with van der Waals surface area (Å²) in [6.07, 6.45) is 61.5. The van der Waals surface area contributed by atoms with E-state index < -0.39 is 6.10 Å². The lowest BCUT2D eigenvalue weighted by Crippen LogP contribution is -2.27. The Morgan fingerprint density at radius 1 is 0.472 bits per heavy atom. The van der Waals surface area contributed by atoms with E-state index in [4.69, 9.17) is 9.47 Å². The molecule has 0 fully saturated rings. The molecule has 1 unspecified atom stereocenters. The van der Waals surface area contributed by atoms with Gasteiger partial charge in [-0.05, 0) is 57.8 Å². The van der Waals surface area contributed by atoms with Gasteiger partial charge in [-0.25, -0.2) is 0 Å². The molecule has 0 aromatic heterocycles. The summed E-state index contributed by atoms with van der Waals surface area (Å²) in [5.41, 5.74) is 0. The minimum atomic E-state index is -0.545. The van der Waals surface area contributed by atoms with Crippen LogP contribution >= 0.6 is 0 Å². The van der Waals surface area contributed by atoms with Crippen molar-refractivity contribution in [3.8, 4) is 0 Å². The number of unbranched alkanes of at least 4 members (excludes halogenated alkanes) is 24. The number of esters is 1. The Morgan fingerprint density at radius 2 is 0.849 bits per heavy atom. The predicted molar refractivity (Wildman–Crippen MR) is 233 cm³/mol. The van der Waals surface area contributed by atoms with Gasteiger partial charge in [0.2, 0.25) is 0 Å². The second kappa shape index (κ2) is 46.2. The van der Waals surface area contributed by atoms with E-state index in [1.165, 1.54) is 135 Å². The molecule has 308 valence electrons. The number of carbonyl (C=O) groups excluding carboxylic acids is 1. The second-order valence-electron chi connectivity index (χ2n) is 15.1.